The number of esters is 1. The van der Waals surface area contributed by atoms with E-state index in [1.54, 1.807) is 43.3 Å². The molecule has 3 unspecified atom stereocenters. The molecular weight excluding hydrogens is 552 g/mol. The van der Waals surface area contributed by atoms with Gasteiger partial charge in [0.05, 0.1) is 37.2 Å². The van der Waals surface area contributed by atoms with Crippen molar-refractivity contribution in [1.82, 2.24) is 4.90 Å². The summed E-state index contributed by atoms with van der Waals surface area (Å²) in [5, 5.41) is 10.5. The molecule has 10 heteroatoms. The molecule has 1 spiro atoms. The third-order valence-electron chi connectivity index (χ3n) is 7.25. The quantitative estimate of drug-likeness (QED) is 0.197. The lowest BCUT2D eigenvalue weighted by Crippen LogP contribution is -2.58. The Labute approximate surface area is 224 Å². The van der Waals surface area contributed by atoms with Crippen LogP contribution in [0.15, 0.2) is 49.6 Å². The van der Waals surface area contributed by atoms with Crippen molar-refractivity contribution in [2.24, 2.45) is 11.8 Å². The van der Waals surface area contributed by atoms with Crippen LogP contribution >= 0.6 is 27.5 Å². The lowest BCUT2D eigenvalue weighted by molar-refractivity contribution is -0.155. The van der Waals surface area contributed by atoms with E-state index in [0.29, 0.717) is 23.6 Å². The molecule has 3 aliphatic rings. The Kier molecular flexibility index (Phi) is 7.95. The summed E-state index contributed by atoms with van der Waals surface area (Å²) >= 11 is 9.68. The van der Waals surface area contributed by atoms with E-state index in [9.17, 15) is 19.5 Å². The Morgan fingerprint density at radius 2 is 2.06 bits per heavy atom. The topological polar surface area (TPSA) is 96.4 Å². The van der Waals surface area contributed by atoms with Crippen molar-refractivity contribution in [2.75, 3.05) is 24.7 Å². The van der Waals surface area contributed by atoms with Crippen LogP contribution in [0.3, 0.4) is 0 Å². The fraction of sp³-hybridized carbons (Fsp3) is 0.500. The predicted octanol–water partition coefficient (Wildman–Crippen LogP) is 3.11. The second-order valence-corrected chi connectivity index (χ2v) is 11.0. The zero-order valence-electron chi connectivity index (χ0n) is 20.0. The number of rotatable bonds is 10. The van der Waals surface area contributed by atoms with Gasteiger partial charge in [-0.25, -0.2) is 0 Å². The number of likely N-dealkylation sites (tertiary alicyclic amines) is 1. The van der Waals surface area contributed by atoms with Crippen LogP contribution in [0.2, 0.25) is 5.02 Å². The third kappa shape index (κ3) is 4.30. The van der Waals surface area contributed by atoms with Crippen LogP contribution < -0.4 is 4.90 Å². The Hall–Kier alpha value is -2.20. The van der Waals surface area contributed by atoms with Crippen molar-refractivity contribution in [3.8, 4) is 0 Å². The summed E-state index contributed by atoms with van der Waals surface area (Å²) in [7, 11) is 0. The van der Waals surface area contributed by atoms with Crippen molar-refractivity contribution in [3.05, 3.63) is 54.6 Å². The summed E-state index contributed by atoms with van der Waals surface area (Å²) in [6, 6.07) is 5.07. The Morgan fingerprint density at radius 1 is 1.36 bits per heavy atom. The summed E-state index contributed by atoms with van der Waals surface area (Å²) in [5.74, 6) is -3.07. The molecule has 1 N–H and O–H groups in total. The first kappa shape index (κ1) is 26.9. The van der Waals surface area contributed by atoms with Gasteiger partial charge in [-0.15, -0.1) is 13.2 Å². The van der Waals surface area contributed by atoms with Gasteiger partial charge in [-0.05, 0) is 44.0 Å². The molecule has 3 heterocycles. The van der Waals surface area contributed by atoms with Crippen LogP contribution in [0.1, 0.15) is 19.8 Å². The number of ether oxygens (including phenoxy) is 2. The summed E-state index contributed by atoms with van der Waals surface area (Å²) < 4.78 is 11.9. The number of nitrogens with zero attached hydrogens (tertiary/aromatic N) is 2. The van der Waals surface area contributed by atoms with Crippen molar-refractivity contribution in [2.45, 2.75) is 48.4 Å². The summed E-state index contributed by atoms with van der Waals surface area (Å²) in [6.45, 7) is 9.07. The Balaban J connectivity index is 1.77. The maximum absolute atomic E-state index is 14.3. The van der Waals surface area contributed by atoms with Gasteiger partial charge >= 0.3 is 5.97 Å². The number of hydrogen-bond acceptors (Lipinski definition) is 6. The molecule has 2 amide bonds. The molecule has 36 heavy (non-hydrogen) atoms. The highest BCUT2D eigenvalue weighted by molar-refractivity contribution is 9.09. The molecule has 194 valence electrons. The lowest BCUT2D eigenvalue weighted by Gasteiger charge is -2.38. The molecule has 2 bridgehead atoms. The largest absolute Gasteiger partial charge is 0.465 e. The van der Waals surface area contributed by atoms with Crippen LogP contribution in [-0.2, 0) is 23.9 Å². The van der Waals surface area contributed by atoms with Crippen molar-refractivity contribution in [3.63, 3.8) is 0 Å². The number of benzene rings is 1. The monoisotopic (exact) mass is 580 g/mol. The van der Waals surface area contributed by atoms with Crippen molar-refractivity contribution < 1.29 is 29.0 Å². The maximum Gasteiger partial charge on any atom is 0.312 e. The standard InChI is InChI=1S/C26H30BrClN2O6/c1-4-6-12-35-25(34)19-20-23(32)30(15(3)14-31)22(26(20)13-18(27)21(19)36-26)24(33)29(11-5-2)17-9-7-16(28)8-10-17/h4-5,7-10,15,18-22,31H,1-2,6,11-14H2,3H3/t15-,18?,19-,20+,21-,22?,26?/m1/s1. The first-order valence-electron chi connectivity index (χ1n) is 11.9. The number of halogens is 2. The van der Waals surface area contributed by atoms with E-state index in [2.05, 4.69) is 29.1 Å². The van der Waals surface area contributed by atoms with E-state index in [4.69, 9.17) is 21.1 Å². The smallest absolute Gasteiger partial charge is 0.312 e. The molecule has 4 rings (SSSR count). The number of aliphatic hydroxyl groups is 1. The van der Waals surface area contributed by atoms with Gasteiger partial charge < -0.3 is 24.4 Å². The van der Waals surface area contributed by atoms with Crippen LogP contribution in [0.5, 0.6) is 0 Å². The molecule has 1 aromatic rings. The molecule has 3 aliphatic heterocycles. The molecule has 1 aromatic carbocycles. The molecule has 7 atom stereocenters. The zero-order chi connectivity index (χ0) is 26.2. The van der Waals surface area contributed by atoms with Gasteiger partial charge in [0.15, 0.2) is 0 Å². The summed E-state index contributed by atoms with van der Waals surface area (Å²) in [4.78, 5) is 44.0. The minimum Gasteiger partial charge on any atom is -0.465 e. The fourth-order valence-corrected chi connectivity index (χ4v) is 6.81. The molecule has 3 fully saturated rings. The predicted molar refractivity (Wildman–Crippen MR) is 139 cm³/mol. The first-order valence-corrected chi connectivity index (χ1v) is 13.2. The number of carbonyl (C=O) groups is 3. The van der Waals surface area contributed by atoms with Crippen LogP contribution in [0, 0.1) is 11.8 Å². The normalized spacial score (nSPS) is 31.2. The van der Waals surface area contributed by atoms with Crippen molar-refractivity contribution >= 4 is 51.0 Å². The van der Waals surface area contributed by atoms with Crippen LogP contribution in [0.25, 0.3) is 0 Å². The van der Waals surface area contributed by atoms with Gasteiger partial charge in [0.2, 0.25) is 5.91 Å². The molecular formula is C26H30BrClN2O6. The number of alkyl halides is 1. The molecule has 0 aromatic heterocycles. The zero-order valence-corrected chi connectivity index (χ0v) is 22.4. The van der Waals surface area contributed by atoms with E-state index in [-0.39, 0.29) is 30.5 Å². The molecule has 0 saturated carbocycles. The second-order valence-electron chi connectivity index (χ2n) is 9.40. The van der Waals surface area contributed by atoms with Crippen LogP contribution in [-0.4, -0.2) is 76.2 Å². The third-order valence-corrected chi connectivity index (χ3v) is 8.35. The van der Waals surface area contributed by atoms with Gasteiger partial charge in [0.25, 0.3) is 5.91 Å². The average Bonchev–Trinajstić information content (AvgIpc) is 3.45. The minimum absolute atomic E-state index is 0.148. The fourth-order valence-electron chi connectivity index (χ4n) is 5.74. The average molecular weight is 582 g/mol. The van der Waals surface area contributed by atoms with Crippen LogP contribution in [0.4, 0.5) is 5.69 Å². The van der Waals surface area contributed by atoms with E-state index in [1.165, 1.54) is 9.80 Å². The Bertz CT molecular complexity index is 1050. The summed E-state index contributed by atoms with van der Waals surface area (Å²) in [5.41, 5.74) is -0.666. The highest BCUT2D eigenvalue weighted by Gasteiger charge is 2.77. The van der Waals surface area contributed by atoms with Gasteiger partial charge in [0, 0.05) is 22.1 Å². The minimum atomic E-state index is -1.25. The molecule has 3 saturated heterocycles. The number of fused-ring (bicyclic) bond motifs is 1. The van der Waals surface area contributed by atoms with Crippen molar-refractivity contribution in [1.29, 1.82) is 0 Å². The highest BCUT2D eigenvalue weighted by Crippen LogP contribution is 2.60. The number of aliphatic hydroxyl groups excluding tert-OH is 1. The molecule has 8 nitrogen and oxygen atoms in total. The first-order chi connectivity index (χ1) is 17.2. The van der Waals surface area contributed by atoms with E-state index in [0.717, 1.165) is 0 Å². The Morgan fingerprint density at radius 3 is 2.67 bits per heavy atom. The van der Waals surface area contributed by atoms with E-state index >= 15 is 0 Å². The second kappa shape index (κ2) is 10.7. The summed E-state index contributed by atoms with van der Waals surface area (Å²) in [6.07, 6.45) is 3.47. The highest BCUT2D eigenvalue weighted by atomic mass is 79.9. The van der Waals surface area contributed by atoms with Gasteiger partial charge in [-0.2, -0.15) is 0 Å². The molecule has 0 radical (unpaired) electrons. The number of amides is 2. The number of anilines is 1. The van der Waals surface area contributed by atoms with Gasteiger partial charge in [-0.1, -0.05) is 39.7 Å². The number of hydrogen-bond donors (Lipinski definition) is 1. The van der Waals surface area contributed by atoms with Gasteiger partial charge in [0.1, 0.15) is 11.6 Å². The van der Waals surface area contributed by atoms with E-state index in [1.807, 2.05) is 0 Å². The molecule has 0 aliphatic carbocycles. The van der Waals surface area contributed by atoms with E-state index < -0.39 is 47.5 Å². The number of carbonyl (C=O) groups excluding carboxylic acids is 3. The lowest BCUT2D eigenvalue weighted by atomic mass is 9.70. The van der Waals surface area contributed by atoms with Gasteiger partial charge in [-0.3, -0.25) is 14.4 Å². The SMILES string of the molecule is C=CCCOC(=O)[C@H]1[C@@H]2OC3(CC2Br)C(C(=O)N(CC=C)c2ccc(Cl)cc2)N([C@H](C)CO)C(=O)[C@H]13. The maximum atomic E-state index is 14.3.